The predicted molar refractivity (Wildman–Crippen MR) is 75.7 cm³/mol. The van der Waals surface area contributed by atoms with E-state index in [0.29, 0.717) is 25.2 Å². The van der Waals surface area contributed by atoms with Crippen LogP contribution in [0.1, 0.15) is 18.9 Å². The number of ether oxygens (including phenoxy) is 4. The summed E-state index contributed by atoms with van der Waals surface area (Å²) in [6.45, 7) is 2.50. The van der Waals surface area contributed by atoms with E-state index < -0.39 is 23.2 Å². The second-order valence-corrected chi connectivity index (χ2v) is 5.42. The lowest BCUT2D eigenvalue weighted by atomic mass is 9.90. The average molecular weight is 326 g/mol. The number of halogens is 2. The van der Waals surface area contributed by atoms with Crippen LogP contribution in [0.2, 0.25) is 0 Å². The molecule has 3 rings (SSSR count). The van der Waals surface area contributed by atoms with Gasteiger partial charge in [-0.15, -0.1) is 0 Å². The minimum atomic E-state index is -1.11. The first-order valence-electron chi connectivity index (χ1n) is 7.20. The van der Waals surface area contributed by atoms with Crippen LogP contribution in [0.25, 0.3) is 5.57 Å². The lowest BCUT2D eigenvalue weighted by Gasteiger charge is -2.37. The van der Waals surface area contributed by atoms with Gasteiger partial charge in [0.15, 0.2) is 17.2 Å². The Balaban J connectivity index is 2.08. The Morgan fingerprint density at radius 1 is 1.35 bits per heavy atom. The average Bonchev–Trinajstić information content (AvgIpc) is 2.91. The molecule has 0 amide bonds. The first kappa shape index (κ1) is 15.7. The normalized spacial score (nSPS) is 18.6. The van der Waals surface area contributed by atoms with Gasteiger partial charge < -0.3 is 18.9 Å². The van der Waals surface area contributed by atoms with E-state index in [9.17, 15) is 13.6 Å². The Kier molecular flexibility index (Phi) is 3.97. The Morgan fingerprint density at radius 2 is 2.09 bits per heavy atom. The molecule has 1 fully saturated rings. The lowest BCUT2D eigenvalue weighted by Crippen LogP contribution is -2.49. The highest BCUT2D eigenvalue weighted by molar-refractivity contribution is 5.97. The smallest absolute Gasteiger partial charge is 0.373 e. The molecule has 5 nitrogen and oxygen atoms in total. The fourth-order valence-electron chi connectivity index (χ4n) is 2.76. The van der Waals surface area contributed by atoms with Gasteiger partial charge in [-0.1, -0.05) is 0 Å². The van der Waals surface area contributed by atoms with Crippen LogP contribution in [0.4, 0.5) is 8.78 Å². The Bertz CT molecular complexity index is 679. The monoisotopic (exact) mass is 326 g/mol. The minimum absolute atomic E-state index is 0.000502. The summed E-state index contributed by atoms with van der Waals surface area (Å²) in [5, 5.41) is 0. The van der Waals surface area contributed by atoms with E-state index in [1.54, 1.807) is 6.92 Å². The SMILES string of the molecule is CCOC(=O)C1=C(c2ccc(F)c(F)c2OC)CC2(COC2)O1. The number of hydrogen-bond donors (Lipinski definition) is 0. The van der Waals surface area contributed by atoms with Gasteiger partial charge in [-0.05, 0) is 19.1 Å². The first-order chi connectivity index (χ1) is 11.0. The van der Waals surface area contributed by atoms with E-state index in [1.165, 1.54) is 13.2 Å². The number of benzene rings is 1. The second-order valence-electron chi connectivity index (χ2n) is 5.42. The van der Waals surface area contributed by atoms with Crippen molar-refractivity contribution in [2.45, 2.75) is 18.9 Å². The summed E-state index contributed by atoms with van der Waals surface area (Å²) in [5.41, 5.74) is 0.0635. The van der Waals surface area contributed by atoms with E-state index in [0.717, 1.165) is 6.07 Å². The standard InChI is InChI=1S/C16H16F2O5/c1-3-22-15(19)14-10(6-16(23-14)7-21-8-16)9-4-5-11(17)12(18)13(9)20-2/h4-5H,3,6-8H2,1-2H3. The molecule has 2 heterocycles. The van der Waals surface area contributed by atoms with Gasteiger partial charge in [0, 0.05) is 17.6 Å². The molecule has 0 aromatic heterocycles. The summed E-state index contributed by atoms with van der Waals surface area (Å²) in [4.78, 5) is 12.2. The number of rotatable bonds is 4. The maximum Gasteiger partial charge on any atom is 0.373 e. The number of hydrogen-bond acceptors (Lipinski definition) is 5. The minimum Gasteiger partial charge on any atom is -0.493 e. The van der Waals surface area contributed by atoms with Crippen LogP contribution in [0.5, 0.6) is 5.75 Å². The molecule has 0 N–H and O–H groups in total. The van der Waals surface area contributed by atoms with Gasteiger partial charge in [0.25, 0.3) is 0 Å². The van der Waals surface area contributed by atoms with Gasteiger partial charge in [-0.2, -0.15) is 4.39 Å². The van der Waals surface area contributed by atoms with Crippen molar-refractivity contribution in [2.75, 3.05) is 26.9 Å². The topological polar surface area (TPSA) is 54.0 Å². The zero-order chi connectivity index (χ0) is 16.6. The molecule has 0 saturated carbocycles. The molecule has 0 bridgehead atoms. The maximum absolute atomic E-state index is 14.0. The van der Waals surface area contributed by atoms with Crippen LogP contribution < -0.4 is 4.74 Å². The van der Waals surface area contributed by atoms with E-state index >= 15 is 0 Å². The Morgan fingerprint density at radius 3 is 2.65 bits per heavy atom. The van der Waals surface area contributed by atoms with Gasteiger partial charge in [-0.3, -0.25) is 0 Å². The summed E-state index contributed by atoms with van der Waals surface area (Å²) in [6, 6.07) is 2.36. The van der Waals surface area contributed by atoms with Gasteiger partial charge in [0.1, 0.15) is 0 Å². The van der Waals surface area contributed by atoms with Crippen molar-refractivity contribution in [3.63, 3.8) is 0 Å². The van der Waals surface area contributed by atoms with Crippen molar-refractivity contribution in [3.05, 3.63) is 35.1 Å². The molecule has 124 valence electrons. The first-order valence-corrected chi connectivity index (χ1v) is 7.20. The van der Waals surface area contributed by atoms with Crippen molar-refractivity contribution >= 4 is 11.5 Å². The van der Waals surface area contributed by atoms with E-state index in [4.69, 9.17) is 18.9 Å². The molecule has 1 saturated heterocycles. The molecule has 0 atom stereocenters. The molecule has 1 spiro atoms. The quantitative estimate of drug-likeness (QED) is 0.796. The summed E-state index contributed by atoms with van der Waals surface area (Å²) >= 11 is 0. The van der Waals surface area contributed by atoms with Gasteiger partial charge in [0.05, 0.1) is 26.9 Å². The van der Waals surface area contributed by atoms with Gasteiger partial charge in [0.2, 0.25) is 11.6 Å². The largest absolute Gasteiger partial charge is 0.493 e. The van der Waals surface area contributed by atoms with Crippen LogP contribution in [-0.4, -0.2) is 38.5 Å². The summed E-state index contributed by atoms with van der Waals surface area (Å²) in [5.74, 6) is -3.03. The molecule has 1 aromatic rings. The molecule has 0 radical (unpaired) electrons. The van der Waals surface area contributed by atoms with Crippen LogP contribution in [0.3, 0.4) is 0 Å². The zero-order valence-corrected chi connectivity index (χ0v) is 12.8. The molecule has 23 heavy (non-hydrogen) atoms. The fourth-order valence-corrected chi connectivity index (χ4v) is 2.76. The summed E-state index contributed by atoms with van der Waals surface area (Å²) in [6.07, 6.45) is 0.336. The Labute approximate surface area is 131 Å². The maximum atomic E-state index is 14.0. The van der Waals surface area contributed by atoms with Crippen molar-refractivity contribution in [2.24, 2.45) is 0 Å². The fraction of sp³-hybridized carbons (Fsp3) is 0.438. The van der Waals surface area contributed by atoms with Crippen molar-refractivity contribution in [1.82, 2.24) is 0 Å². The van der Waals surface area contributed by atoms with Crippen LogP contribution in [0.15, 0.2) is 17.9 Å². The number of methoxy groups -OCH3 is 1. The highest BCUT2D eigenvalue weighted by atomic mass is 19.2. The summed E-state index contributed by atoms with van der Waals surface area (Å²) < 4.78 is 48.3. The number of carbonyl (C=O) groups excluding carboxylic acids is 1. The molecule has 7 heteroatoms. The summed E-state index contributed by atoms with van der Waals surface area (Å²) in [7, 11) is 1.24. The third-order valence-corrected chi connectivity index (χ3v) is 3.86. The van der Waals surface area contributed by atoms with E-state index in [1.807, 2.05) is 0 Å². The van der Waals surface area contributed by atoms with Crippen LogP contribution in [-0.2, 0) is 19.0 Å². The van der Waals surface area contributed by atoms with Crippen molar-refractivity contribution in [1.29, 1.82) is 0 Å². The molecule has 2 aliphatic rings. The lowest BCUT2D eigenvalue weighted by molar-refractivity contribution is -0.184. The number of carbonyl (C=O) groups is 1. The molecule has 0 aliphatic carbocycles. The van der Waals surface area contributed by atoms with Crippen molar-refractivity contribution < 1.29 is 32.5 Å². The van der Waals surface area contributed by atoms with Crippen LogP contribution >= 0.6 is 0 Å². The van der Waals surface area contributed by atoms with Crippen molar-refractivity contribution in [3.8, 4) is 5.75 Å². The predicted octanol–water partition coefficient (Wildman–Crippen LogP) is 2.44. The molecular weight excluding hydrogens is 310 g/mol. The number of esters is 1. The van der Waals surface area contributed by atoms with E-state index in [2.05, 4.69) is 0 Å². The zero-order valence-electron chi connectivity index (χ0n) is 12.8. The third-order valence-electron chi connectivity index (χ3n) is 3.86. The molecule has 0 unspecified atom stereocenters. The molecule has 1 aromatic carbocycles. The molecular formula is C16H16F2O5. The van der Waals surface area contributed by atoms with E-state index in [-0.39, 0.29) is 23.7 Å². The van der Waals surface area contributed by atoms with Gasteiger partial charge >= 0.3 is 5.97 Å². The Hall–Kier alpha value is -2.15. The highest BCUT2D eigenvalue weighted by Crippen LogP contribution is 2.46. The third kappa shape index (κ3) is 2.55. The molecule has 2 aliphatic heterocycles. The van der Waals surface area contributed by atoms with Gasteiger partial charge in [-0.25, -0.2) is 9.18 Å². The second kappa shape index (κ2) is 5.81. The highest BCUT2D eigenvalue weighted by Gasteiger charge is 2.50. The van der Waals surface area contributed by atoms with Crippen LogP contribution in [0, 0.1) is 11.6 Å².